The van der Waals surface area contributed by atoms with Crippen LogP contribution in [0.2, 0.25) is 0 Å². The van der Waals surface area contributed by atoms with E-state index in [1.165, 1.54) is 18.1 Å². The Balaban J connectivity index is 1.46. The van der Waals surface area contributed by atoms with Gasteiger partial charge in [-0.05, 0) is 58.3 Å². The molecular formula is C25H35FN6O. The molecule has 0 spiro atoms. The molecule has 0 saturated carbocycles. The Bertz CT molecular complexity index is 980. The molecule has 0 aliphatic carbocycles. The third-order valence-electron chi connectivity index (χ3n) is 7.32. The lowest BCUT2D eigenvalue weighted by Crippen LogP contribution is -2.44. The molecule has 178 valence electrons. The summed E-state index contributed by atoms with van der Waals surface area (Å²) in [5.74, 6) is 0.861. The number of rotatable bonds is 5. The second-order valence-electron chi connectivity index (χ2n) is 9.49. The molecule has 3 aliphatic rings. The molecule has 5 rings (SSSR count). The first kappa shape index (κ1) is 22.3. The minimum Gasteiger partial charge on any atom is -0.462 e. The molecule has 4 heterocycles. The van der Waals surface area contributed by atoms with E-state index in [1.807, 2.05) is 13.0 Å². The van der Waals surface area contributed by atoms with Crippen LogP contribution in [-0.4, -0.2) is 73.8 Å². The van der Waals surface area contributed by atoms with Gasteiger partial charge in [0.05, 0.1) is 12.2 Å². The van der Waals surface area contributed by atoms with Crippen molar-refractivity contribution in [3.8, 4) is 6.01 Å². The van der Waals surface area contributed by atoms with Crippen LogP contribution in [0, 0.1) is 12.7 Å². The second-order valence-corrected chi connectivity index (χ2v) is 9.49. The molecule has 2 saturated heterocycles. The van der Waals surface area contributed by atoms with Gasteiger partial charge in [-0.3, -0.25) is 0 Å². The number of piperazine rings is 1. The molecule has 3 aliphatic heterocycles. The van der Waals surface area contributed by atoms with Gasteiger partial charge in [-0.25, -0.2) is 4.39 Å². The van der Waals surface area contributed by atoms with Gasteiger partial charge >= 0.3 is 6.01 Å². The second kappa shape index (κ2) is 9.81. The summed E-state index contributed by atoms with van der Waals surface area (Å²) < 4.78 is 20.5. The molecule has 0 bridgehead atoms. The maximum Gasteiger partial charge on any atom is 0.318 e. The number of hydrogen-bond donors (Lipinski definition) is 1. The van der Waals surface area contributed by atoms with E-state index in [0.717, 1.165) is 75.7 Å². The molecule has 0 radical (unpaired) electrons. The summed E-state index contributed by atoms with van der Waals surface area (Å²) in [4.78, 5) is 16.8. The fraction of sp³-hybridized carbons (Fsp3) is 0.600. The van der Waals surface area contributed by atoms with Crippen molar-refractivity contribution in [2.24, 2.45) is 0 Å². The molecule has 1 aromatic carbocycles. The van der Waals surface area contributed by atoms with Crippen molar-refractivity contribution in [1.29, 1.82) is 0 Å². The molecular weight excluding hydrogens is 419 g/mol. The zero-order chi connectivity index (χ0) is 22.8. The molecule has 1 aromatic heterocycles. The lowest BCUT2D eigenvalue weighted by molar-refractivity contribution is 0.187. The van der Waals surface area contributed by atoms with Crippen LogP contribution in [-0.2, 0) is 13.0 Å². The average Bonchev–Trinajstić information content (AvgIpc) is 3.12. The van der Waals surface area contributed by atoms with E-state index >= 15 is 0 Å². The SMILES string of the molecule is Cc1c(F)cccc1N1CCCc2c(nc(OC[C@@H]3CCCN3C)nc2N2CCNCC2)C1. The molecule has 8 heteroatoms. The molecule has 2 fully saturated rings. The third-order valence-corrected chi connectivity index (χ3v) is 7.32. The normalized spacial score (nSPS) is 21.7. The molecule has 7 nitrogen and oxygen atoms in total. The van der Waals surface area contributed by atoms with Gasteiger partial charge in [-0.2, -0.15) is 9.97 Å². The minimum absolute atomic E-state index is 0.161. The number of anilines is 2. The van der Waals surface area contributed by atoms with E-state index in [1.54, 1.807) is 6.07 Å². The summed E-state index contributed by atoms with van der Waals surface area (Å²) in [6.45, 7) is 8.87. The Morgan fingerprint density at radius 2 is 1.94 bits per heavy atom. The van der Waals surface area contributed by atoms with Crippen molar-refractivity contribution in [2.75, 3.05) is 62.7 Å². The number of aromatic nitrogens is 2. The largest absolute Gasteiger partial charge is 0.462 e. The van der Waals surface area contributed by atoms with Gasteiger partial charge in [-0.15, -0.1) is 0 Å². The highest BCUT2D eigenvalue weighted by Gasteiger charge is 2.27. The highest BCUT2D eigenvalue weighted by atomic mass is 19.1. The zero-order valence-corrected chi connectivity index (χ0v) is 19.8. The predicted molar refractivity (Wildman–Crippen MR) is 129 cm³/mol. The molecule has 1 N–H and O–H groups in total. The quantitative estimate of drug-likeness (QED) is 0.746. The van der Waals surface area contributed by atoms with Gasteiger partial charge in [0.15, 0.2) is 0 Å². The van der Waals surface area contributed by atoms with Crippen LogP contribution >= 0.6 is 0 Å². The van der Waals surface area contributed by atoms with Gasteiger partial charge in [0, 0.05) is 55.6 Å². The van der Waals surface area contributed by atoms with Crippen LogP contribution in [0.5, 0.6) is 6.01 Å². The van der Waals surface area contributed by atoms with Crippen molar-refractivity contribution in [3.63, 3.8) is 0 Å². The monoisotopic (exact) mass is 454 g/mol. The minimum atomic E-state index is -0.161. The van der Waals surface area contributed by atoms with E-state index in [4.69, 9.17) is 14.7 Å². The van der Waals surface area contributed by atoms with E-state index in [2.05, 4.69) is 27.1 Å². The number of ether oxygens (including phenoxy) is 1. The van der Waals surface area contributed by atoms with Crippen LogP contribution in [0.3, 0.4) is 0 Å². The van der Waals surface area contributed by atoms with E-state index in [9.17, 15) is 4.39 Å². The first-order valence-electron chi connectivity index (χ1n) is 12.3. The van der Waals surface area contributed by atoms with Crippen molar-refractivity contribution < 1.29 is 9.13 Å². The van der Waals surface area contributed by atoms with Crippen molar-refractivity contribution in [1.82, 2.24) is 20.2 Å². The molecule has 0 unspecified atom stereocenters. The van der Waals surface area contributed by atoms with Crippen LogP contribution < -0.4 is 19.9 Å². The fourth-order valence-corrected chi connectivity index (χ4v) is 5.30. The molecule has 2 aromatic rings. The first-order chi connectivity index (χ1) is 16.1. The maximum atomic E-state index is 14.3. The molecule has 33 heavy (non-hydrogen) atoms. The summed E-state index contributed by atoms with van der Waals surface area (Å²) >= 11 is 0. The van der Waals surface area contributed by atoms with Crippen LogP contribution in [0.1, 0.15) is 36.1 Å². The smallest absolute Gasteiger partial charge is 0.318 e. The van der Waals surface area contributed by atoms with Crippen molar-refractivity contribution in [2.45, 2.75) is 45.2 Å². The van der Waals surface area contributed by atoms with Crippen LogP contribution in [0.25, 0.3) is 0 Å². The topological polar surface area (TPSA) is 56.8 Å². The predicted octanol–water partition coefficient (Wildman–Crippen LogP) is 2.76. The standard InChI is InChI=1S/C25H35FN6O/c1-18-21(26)8-3-9-23(18)32-13-5-7-20-22(16-32)28-25(33-17-19-6-4-12-30(19)2)29-24(20)31-14-10-27-11-15-31/h3,8-9,19,27H,4-7,10-17H2,1-2H3/t19-/m0/s1. The maximum absolute atomic E-state index is 14.3. The number of hydrogen-bond acceptors (Lipinski definition) is 7. The molecule has 1 atom stereocenters. The Kier molecular flexibility index (Phi) is 6.64. The number of benzene rings is 1. The number of likely N-dealkylation sites (N-methyl/N-ethyl adjacent to an activating group) is 1. The zero-order valence-electron chi connectivity index (χ0n) is 19.8. The lowest BCUT2D eigenvalue weighted by Gasteiger charge is -2.31. The third kappa shape index (κ3) is 4.77. The Morgan fingerprint density at radius 1 is 1.09 bits per heavy atom. The van der Waals surface area contributed by atoms with Crippen LogP contribution in [0.15, 0.2) is 18.2 Å². The van der Waals surface area contributed by atoms with Crippen molar-refractivity contribution >= 4 is 11.5 Å². The summed E-state index contributed by atoms with van der Waals surface area (Å²) in [7, 11) is 2.16. The number of halogens is 1. The number of nitrogens with one attached hydrogen (secondary N) is 1. The summed E-state index contributed by atoms with van der Waals surface area (Å²) in [6, 6.07) is 6.22. The number of fused-ring (bicyclic) bond motifs is 1. The van der Waals surface area contributed by atoms with Crippen molar-refractivity contribution in [3.05, 3.63) is 40.8 Å². The van der Waals surface area contributed by atoms with Gasteiger partial charge in [0.2, 0.25) is 0 Å². The van der Waals surface area contributed by atoms with Gasteiger partial charge in [-0.1, -0.05) is 6.07 Å². The Morgan fingerprint density at radius 3 is 2.73 bits per heavy atom. The van der Waals surface area contributed by atoms with Gasteiger partial charge < -0.3 is 24.8 Å². The highest BCUT2D eigenvalue weighted by molar-refractivity contribution is 5.57. The summed E-state index contributed by atoms with van der Waals surface area (Å²) in [5, 5.41) is 3.43. The van der Waals surface area contributed by atoms with Crippen LogP contribution in [0.4, 0.5) is 15.9 Å². The summed E-state index contributed by atoms with van der Waals surface area (Å²) in [6.07, 6.45) is 4.27. The number of likely N-dealkylation sites (tertiary alicyclic amines) is 1. The first-order valence-corrected chi connectivity index (χ1v) is 12.3. The molecule has 0 amide bonds. The Labute approximate surface area is 195 Å². The van der Waals surface area contributed by atoms with E-state index in [-0.39, 0.29) is 5.82 Å². The van der Waals surface area contributed by atoms with E-state index in [0.29, 0.717) is 30.8 Å². The van der Waals surface area contributed by atoms with Gasteiger partial charge in [0.25, 0.3) is 0 Å². The fourth-order valence-electron chi connectivity index (χ4n) is 5.30. The highest BCUT2D eigenvalue weighted by Crippen LogP contribution is 2.32. The Hall–Kier alpha value is -2.45. The lowest BCUT2D eigenvalue weighted by atomic mass is 10.1. The average molecular weight is 455 g/mol. The number of nitrogens with zero attached hydrogens (tertiary/aromatic N) is 5. The van der Waals surface area contributed by atoms with Gasteiger partial charge in [0.1, 0.15) is 18.2 Å². The summed E-state index contributed by atoms with van der Waals surface area (Å²) in [5.41, 5.74) is 3.87. The van der Waals surface area contributed by atoms with E-state index < -0.39 is 0 Å².